The summed E-state index contributed by atoms with van der Waals surface area (Å²) >= 11 is 0. The number of nitrogens with one attached hydrogen (secondary N) is 1. The zero-order valence-corrected chi connectivity index (χ0v) is 5.88. The molecule has 0 spiro atoms. The summed E-state index contributed by atoms with van der Waals surface area (Å²) in [5.74, 6) is 0.211. The number of alkyl halides is 2. The third kappa shape index (κ3) is 1.83. The first-order valence-corrected chi connectivity index (χ1v) is 3.03. The molecular formula is C6H7F2N3. The lowest BCUT2D eigenvalue weighted by Gasteiger charge is -2.00. The molecule has 0 fully saturated rings. The highest BCUT2D eigenvalue weighted by atomic mass is 19.3. The summed E-state index contributed by atoms with van der Waals surface area (Å²) < 4.78 is 23.9. The normalized spacial score (nSPS) is 10.2. The second-order valence-electron chi connectivity index (χ2n) is 1.86. The van der Waals surface area contributed by atoms with Gasteiger partial charge in [-0.15, -0.1) is 0 Å². The van der Waals surface area contributed by atoms with Crippen LogP contribution < -0.4 is 5.32 Å². The molecule has 0 atom stereocenters. The Morgan fingerprint density at radius 2 is 2.27 bits per heavy atom. The van der Waals surface area contributed by atoms with Crippen LogP contribution in [0.1, 0.15) is 12.1 Å². The van der Waals surface area contributed by atoms with E-state index in [-0.39, 0.29) is 11.6 Å². The number of hydrogen-bond acceptors (Lipinski definition) is 3. The monoisotopic (exact) mass is 159 g/mol. The Labute approximate surface area is 62.5 Å². The van der Waals surface area contributed by atoms with Gasteiger partial charge in [0.25, 0.3) is 6.43 Å². The van der Waals surface area contributed by atoms with Crippen molar-refractivity contribution in [1.29, 1.82) is 0 Å². The van der Waals surface area contributed by atoms with Crippen LogP contribution in [0.2, 0.25) is 0 Å². The Hall–Kier alpha value is -1.26. The van der Waals surface area contributed by atoms with E-state index in [4.69, 9.17) is 0 Å². The van der Waals surface area contributed by atoms with E-state index in [1.807, 2.05) is 0 Å². The molecule has 0 aliphatic carbocycles. The molecule has 0 saturated carbocycles. The van der Waals surface area contributed by atoms with Crippen LogP contribution in [0.5, 0.6) is 0 Å². The number of nitrogens with zero attached hydrogens (tertiary/aromatic N) is 2. The van der Waals surface area contributed by atoms with Gasteiger partial charge >= 0.3 is 0 Å². The van der Waals surface area contributed by atoms with Crippen LogP contribution in [0.15, 0.2) is 12.3 Å². The highest BCUT2D eigenvalue weighted by Gasteiger charge is 2.08. The van der Waals surface area contributed by atoms with Crippen molar-refractivity contribution in [2.24, 2.45) is 0 Å². The summed E-state index contributed by atoms with van der Waals surface area (Å²) in [4.78, 5) is 7.20. The molecule has 1 rings (SSSR count). The topological polar surface area (TPSA) is 37.8 Å². The highest BCUT2D eigenvalue weighted by molar-refractivity contribution is 5.23. The van der Waals surface area contributed by atoms with Crippen molar-refractivity contribution >= 4 is 5.95 Å². The van der Waals surface area contributed by atoms with Crippen molar-refractivity contribution in [3.8, 4) is 0 Å². The van der Waals surface area contributed by atoms with Gasteiger partial charge in [-0.05, 0) is 6.07 Å². The van der Waals surface area contributed by atoms with Gasteiger partial charge < -0.3 is 5.32 Å². The molecule has 0 radical (unpaired) electrons. The Morgan fingerprint density at radius 1 is 1.55 bits per heavy atom. The average molecular weight is 159 g/mol. The maximum absolute atomic E-state index is 12.0. The third-order valence-corrected chi connectivity index (χ3v) is 1.12. The predicted molar refractivity (Wildman–Crippen MR) is 36.5 cm³/mol. The highest BCUT2D eigenvalue weighted by Crippen LogP contribution is 2.15. The molecule has 0 aromatic carbocycles. The molecule has 11 heavy (non-hydrogen) atoms. The van der Waals surface area contributed by atoms with E-state index < -0.39 is 6.43 Å². The van der Waals surface area contributed by atoms with Gasteiger partial charge in [0.15, 0.2) is 0 Å². The number of rotatable bonds is 2. The van der Waals surface area contributed by atoms with Crippen LogP contribution in [0, 0.1) is 0 Å². The molecule has 0 amide bonds. The van der Waals surface area contributed by atoms with E-state index >= 15 is 0 Å². The van der Waals surface area contributed by atoms with Gasteiger partial charge in [-0.3, -0.25) is 0 Å². The van der Waals surface area contributed by atoms with E-state index in [1.54, 1.807) is 7.05 Å². The standard InChI is InChI=1S/C6H7F2N3/c1-9-6-10-3-2-4(11-6)5(7)8/h2-3,5H,1H3,(H,9,10,11). The molecule has 1 aromatic heterocycles. The number of hydrogen-bond donors (Lipinski definition) is 1. The summed E-state index contributed by atoms with van der Waals surface area (Å²) in [5, 5.41) is 2.57. The van der Waals surface area contributed by atoms with Gasteiger partial charge in [0.05, 0.1) is 0 Å². The van der Waals surface area contributed by atoms with Crippen LogP contribution in [-0.2, 0) is 0 Å². The molecule has 1 heterocycles. The quantitative estimate of drug-likeness (QED) is 0.709. The van der Waals surface area contributed by atoms with Crippen molar-refractivity contribution in [3.05, 3.63) is 18.0 Å². The van der Waals surface area contributed by atoms with Gasteiger partial charge in [0.2, 0.25) is 5.95 Å². The fourth-order valence-electron chi connectivity index (χ4n) is 0.615. The van der Waals surface area contributed by atoms with Crippen molar-refractivity contribution in [3.63, 3.8) is 0 Å². The summed E-state index contributed by atoms with van der Waals surface area (Å²) in [6.07, 6.45) is -1.24. The van der Waals surface area contributed by atoms with E-state index in [2.05, 4.69) is 15.3 Å². The molecule has 3 nitrogen and oxygen atoms in total. The minimum Gasteiger partial charge on any atom is -0.357 e. The maximum atomic E-state index is 12.0. The predicted octanol–water partition coefficient (Wildman–Crippen LogP) is 1.46. The minimum absolute atomic E-state index is 0.211. The van der Waals surface area contributed by atoms with E-state index in [0.29, 0.717) is 0 Å². The summed E-state index contributed by atoms with van der Waals surface area (Å²) in [5.41, 5.74) is -0.260. The minimum atomic E-state index is -2.54. The molecule has 1 N–H and O–H groups in total. The second kappa shape index (κ2) is 3.23. The van der Waals surface area contributed by atoms with E-state index in [1.165, 1.54) is 12.3 Å². The summed E-state index contributed by atoms with van der Waals surface area (Å²) in [6.45, 7) is 0. The van der Waals surface area contributed by atoms with Crippen LogP contribution in [0.4, 0.5) is 14.7 Å². The number of aromatic nitrogens is 2. The zero-order chi connectivity index (χ0) is 8.27. The Bertz CT molecular complexity index is 239. The molecule has 0 saturated heterocycles. The van der Waals surface area contributed by atoms with Gasteiger partial charge in [-0.1, -0.05) is 0 Å². The SMILES string of the molecule is CNc1nccc(C(F)F)n1. The second-order valence-corrected chi connectivity index (χ2v) is 1.86. The number of anilines is 1. The van der Waals surface area contributed by atoms with Gasteiger partial charge in [0, 0.05) is 13.2 Å². The molecule has 1 aromatic rings. The largest absolute Gasteiger partial charge is 0.357 e. The van der Waals surface area contributed by atoms with Gasteiger partial charge in [-0.2, -0.15) is 0 Å². The van der Waals surface area contributed by atoms with Crippen LogP contribution in [-0.4, -0.2) is 17.0 Å². The number of halogens is 2. The van der Waals surface area contributed by atoms with Crippen molar-refractivity contribution in [1.82, 2.24) is 9.97 Å². The summed E-state index contributed by atoms with van der Waals surface area (Å²) in [7, 11) is 1.57. The Kier molecular flexibility index (Phi) is 2.30. The van der Waals surface area contributed by atoms with Crippen LogP contribution in [0.3, 0.4) is 0 Å². The van der Waals surface area contributed by atoms with Crippen LogP contribution in [0.25, 0.3) is 0 Å². The first kappa shape index (κ1) is 7.84. The van der Waals surface area contributed by atoms with Crippen molar-refractivity contribution in [2.75, 3.05) is 12.4 Å². The summed E-state index contributed by atoms with van der Waals surface area (Å²) in [6, 6.07) is 1.19. The third-order valence-electron chi connectivity index (χ3n) is 1.12. The smallest absolute Gasteiger partial charge is 0.280 e. The lowest BCUT2D eigenvalue weighted by molar-refractivity contribution is 0.146. The van der Waals surface area contributed by atoms with Gasteiger partial charge in [-0.25, -0.2) is 18.7 Å². The molecule has 0 bridgehead atoms. The zero-order valence-electron chi connectivity index (χ0n) is 5.88. The molecule has 60 valence electrons. The Balaban J connectivity index is 2.91. The fraction of sp³-hybridized carbons (Fsp3) is 0.333. The molecule has 0 aliphatic rings. The first-order chi connectivity index (χ1) is 5.24. The molecule has 0 aliphatic heterocycles. The maximum Gasteiger partial charge on any atom is 0.280 e. The lowest BCUT2D eigenvalue weighted by Crippen LogP contribution is -1.98. The Morgan fingerprint density at radius 3 is 2.82 bits per heavy atom. The average Bonchev–Trinajstić information content (AvgIpc) is 2.05. The fourth-order valence-corrected chi connectivity index (χ4v) is 0.615. The molecule has 0 unspecified atom stereocenters. The van der Waals surface area contributed by atoms with Gasteiger partial charge in [0.1, 0.15) is 5.69 Å². The van der Waals surface area contributed by atoms with Crippen LogP contribution >= 0.6 is 0 Å². The van der Waals surface area contributed by atoms with E-state index in [0.717, 1.165) is 0 Å². The molecular weight excluding hydrogens is 152 g/mol. The van der Waals surface area contributed by atoms with Crippen molar-refractivity contribution < 1.29 is 8.78 Å². The molecule has 5 heteroatoms. The first-order valence-electron chi connectivity index (χ1n) is 3.03. The lowest BCUT2D eigenvalue weighted by atomic mass is 10.4. The van der Waals surface area contributed by atoms with E-state index in [9.17, 15) is 8.78 Å². The van der Waals surface area contributed by atoms with Crippen molar-refractivity contribution in [2.45, 2.75) is 6.43 Å².